The average molecular weight is 559 g/mol. The Morgan fingerprint density at radius 1 is 0.944 bits per heavy atom. The summed E-state index contributed by atoms with van der Waals surface area (Å²) in [6, 6.07) is 15.2. The smallest absolute Gasteiger partial charge is 0.435 e. The highest BCUT2D eigenvalue weighted by atomic mass is 35.5. The number of ether oxygens (including phenoxy) is 1. The summed E-state index contributed by atoms with van der Waals surface area (Å²) in [5.74, 6) is -1.04. The van der Waals surface area contributed by atoms with Gasteiger partial charge in [-0.2, -0.15) is 23.0 Å². The van der Waals surface area contributed by atoms with E-state index in [4.69, 9.17) is 27.9 Å². The lowest BCUT2D eigenvalue weighted by Crippen LogP contribution is -2.08. The first kappa shape index (κ1) is 26.0. The van der Waals surface area contributed by atoms with E-state index in [9.17, 15) is 26.0 Å². The summed E-state index contributed by atoms with van der Waals surface area (Å²) in [6.45, 7) is -0.430. The molecule has 1 heterocycles. The van der Waals surface area contributed by atoms with Crippen LogP contribution in [0.15, 0.2) is 71.6 Å². The summed E-state index contributed by atoms with van der Waals surface area (Å²) < 4.78 is 84.8. The maximum absolute atomic E-state index is 14.9. The Kier molecular flexibility index (Phi) is 7.05. The first-order chi connectivity index (χ1) is 16.8. The number of nitrogens with zero attached hydrogens (tertiary/aromatic N) is 2. The normalized spacial score (nSPS) is 12.1. The minimum Gasteiger partial charge on any atom is -0.473 e. The minimum atomic E-state index is -4.77. The third kappa shape index (κ3) is 5.50. The Balaban J connectivity index is 1.65. The molecule has 0 bridgehead atoms. The molecular weight excluding hydrogens is 543 g/mol. The fraction of sp³-hybridized carbons (Fsp3) is 0.125. The number of rotatable bonds is 6. The van der Waals surface area contributed by atoms with Gasteiger partial charge < -0.3 is 4.74 Å². The van der Waals surface area contributed by atoms with E-state index >= 15 is 0 Å². The summed E-state index contributed by atoms with van der Waals surface area (Å²) in [4.78, 5) is 0.0831. The number of alkyl halides is 3. The van der Waals surface area contributed by atoms with E-state index in [1.807, 2.05) is 0 Å². The number of para-hydroxylation sites is 1. The molecule has 4 aromatic rings. The van der Waals surface area contributed by atoms with E-state index < -0.39 is 34.1 Å². The van der Waals surface area contributed by atoms with Crippen LogP contribution < -0.4 is 4.74 Å². The predicted octanol–water partition coefficient (Wildman–Crippen LogP) is 6.99. The SMILES string of the molecule is CS(=O)(=O)c1cccc(-c2ccc(COc3cc(C(F)(F)F)nn3-c3c(Cl)cccc3Cl)c(F)c2)c1. The molecular formula is C24H16Cl2F4N2O3S. The van der Waals surface area contributed by atoms with Gasteiger partial charge in [-0.05, 0) is 41.5 Å². The molecule has 0 saturated carbocycles. The number of benzene rings is 3. The zero-order chi connectivity index (χ0) is 26.3. The number of aromatic nitrogens is 2. The van der Waals surface area contributed by atoms with Gasteiger partial charge in [-0.25, -0.2) is 12.8 Å². The van der Waals surface area contributed by atoms with Gasteiger partial charge in [-0.15, -0.1) is 0 Å². The highest BCUT2D eigenvalue weighted by Gasteiger charge is 2.36. The molecule has 0 N–H and O–H groups in total. The van der Waals surface area contributed by atoms with Crippen LogP contribution in [0, 0.1) is 5.82 Å². The van der Waals surface area contributed by atoms with Crippen LogP contribution in [-0.2, 0) is 22.6 Å². The fourth-order valence-electron chi connectivity index (χ4n) is 3.36. The molecule has 12 heteroatoms. The van der Waals surface area contributed by atoms with Gasteiger partial charge in [0.1, 0.15) is 18.1 Å². The molecule has 0 unspecified atom stereocenters. The quantitative estimate of drug-likeness (QED) is 0.239. The Hall–Kier alpha value is -3.08. The molecule has 0 aliphatic heterocycles. The highest BCUT2D eigenvalue weighted by molar-refractivity contribution is 7.90. The summed E-state index contributed by atoms with van der Waals surface area (Å²) >= 11 is 12.3. The molecule has 5 nitrogen and oxygen atoms in total. The predicted molar refractivity (Wildman–Crippen MR) is 128 cm³/mol. The van der Waals surface area contributed by atoms with Crippen molar-refractivity contribution in [3.8, 4) is 22.7 Å². The van der Waals surface area contributed by atoms with Crippen LogP contribution in [0.4, 0.5) is 17.6 Å². The van der Waals surface area contributed by atoms with Crippen molar-refractivity contribution < 1.29 is 30.7 Å². The number of halogens is 6. The van der Waals surface area contributed by atoms with E-state index in [1.165, 1.54) is 42.5 Å². The second kappa shape index (κ2) is 9.76. The molecule has 0 aliphatic carbocycles. The first-order valence-corrected chi connectivity index (χ1v) is 12.8. The van der Waals surface area contributed by atoms with Crippen molar-refractivity contribution in [1.29, 1.82) is 0 Å². The standard InChI is InChI=1S/C24H16Cl2F4N2O3S/c1-36(33,34)17-5-2-4-14(10-17)15-8-9-16(20(27)11-15)13-35-22-12-21(24(28,29)30)31-32(22)23-18(25)6-3-7-19(23)26/h2-12H,13H2,1H3. The Bertz CT molecular complexity index is 1530. The van der Waals surface area contributed by atoms with E-state index in [2.05, 4.69) is 5.10 Å². The molecule has 188 valence electrons. The van der Waals surface area contributed by atoms with Crippen LogP contribution >= 0.6 is 23.2 Å². The number of hydrogen-bond donors (Lipinski definition) is 0. The van der Waals surface area contributed by atoms with Crippen molar-refractivity contribution in [3.63, 3.8) is 0 Å². The van der Waals surface area contributed by atoms with Crippen LogP contribution in [0.25, 0.3) is 16.8 Å². The lowest BCUT2D eigenvalue weighted by Gasteiger charge is -2.13. The maximum atomic E-state index is 14.9. The average Bonchev–Trinajstić information content (AvgIpc) is 3.22. The van der Waals surface area contributed by atoms with Crippen LogP contribution in [0.3, 0.4) is 0 Å². The van der Waals surface area contributed by atoms with Crippen molar-refractivity contribution in [3.05, 3.63) is 93.8 Å². The third-order valence-corrected chi connectivity index (χ3v) is 6.86. The third-order valence-electron chi connectivity index (χ3n) is 5.14. The highest BCUT2D eigenvalue weighted by Crippen LogP contribution is 2.36. The summed E-state index contributed by atoms with van der Waals surface area (Å²) in [5.41, 5.74) is -0.327. The van der Waals surface area contributed by atoms with E-state index in [0.29, 0.717) is 17.2 Å². The van der Waals surface area contributed by atoms with E-state index in [-0.39, 0.29) is 32.1 Å². The topological polar surface area (TPSA) is 61.2 Å². The largest absolute Gasteiger partial charge is 0.473 e. The molecule has 4 rings (SSSR count). The maximum Gasteiger partial charge on any atom is 0.435 e. The lowest BCUT2D eigenvalue weighted by molar-refractivity contribution is -0.141. The zero-order valence-electron chi connectivity index (χ0n) is 18.4. The molecule has 0 spiro atoms. The van der Waals surface area contributed by atoms with Crippen LogP contribution in [0.5, 0.6) is 5.88 Å². The van der Waals surface area contributed by atoms with Crippen LogP contribution in [0.2, 0.25) is 10.0 Å². The van der Waals surface area contributed by atoms with E-state index in [1.54, 1.807) is 18.2 Å². The van der Waals surface area contributed by atoms with Gasteiger partial charge in [-0.3, -0.25) is 0 Å². The van der Waals surface area contributed by atoms with Crippen molar-refractivity contribution >= 4 is 33.0 Å². The molecule has 1 aromatic heterocycles. The van der Waals surface area contributed by atoms with Gasteiger partial charge in [0.15, 0.2) is 15.5 Å². The lowest BCUT2D eigenvalue weighted by atomic mass is 10.0. The number of sulfone groups is 1. The first-order valence-electron chi connectivity index (χ1n) is 10.2. The molecule has 0 atom stereocenters. The summed E-state index contributed by atoms with van der Waals surface area (Å²) in [7, 11) is -3.45. The van der Waals surface area contributed by atoms with Gasteiger partial charge >= 0.3 is 6.18 Å². The van der Waals surface area contributed by atoms with E-state index in [0.717, 1.165) is 10.9 Å². The van der Waals surface area contributed by atoms with Crippen molar-refractivity contribution in [1.82, 2.24) is 9.78 Å². The Morgan fingerprint density at radius 2 is 1.58 bits per heavy atom. The minimum absolute atomic E-state index is 0.0205. The number of hydrogen-bond acceptors (Lipinski definition) is 4. The molecule has 0 aliphatic rings. The molecule has 0 amide bonds. The molecule has 0 radical (unpaired) electrons. The van der Waals surface area contributed by atoms with Gasteiger partial charge in [0.2, 0.25) is 5.88 Å². The molecule has 0 saturated heterocycles. The van der Waals surface area contributed by atoms with Crippen LogP contribution in [-0.4, -0.2) is 24.5 Å². The van der Waals surface area contributed by atoms with Crippen molar-refractivity contribution in [2.24, 2.45) is 0 Å². The second-order valence-electron chi connectivity index (χ2n) is 7.74. The summed E-state index contributed by atoms with van der Waals surface area (Å²) in [5, 5.41) is 3.62. The summed E-state index contributed by atoms with van der Waals surface area (Å²) in [6.07, 6.45) is -3.71. The van der Waals surface area contributed by atoms with Gasteiger partial charge in [0.25, 0.3) is 0 Å². The molecule has 0 fully saturated rings. The molecule has 36 heavy (non-hydrogen) atoms. The van der Waals surface area contributed by atoms with Gasteiger partial charge in [0.05, 0.1) is 14.9 Å². The van der Waals surface area contributed by atoms with Crippen molar-refractivity contribution in [2.75, 3.05) is 6.26 Å². The van der Waals surface area contributed by atoms with Gasteiger partial charge in [0, 0.05) is 17.9 Å². The molecule has 3 aromatic carbocycles. The van der Waals surface area contributed by atoms with Crippen molar-refractivity contribution in [2.45, 2.75) is 17.7 Å². The zero-order valence-corrected chi connectivity index (χ0v) is 20.7. The fourth-order valence-corrected chi connectivity index (χ4v) is 4.58. The monoisotopic (exact) mass is 558 g/mol. The van der Waals surface area contributed by atoms with Gasteiger partial charge in [-0.1, -0.05) is 53.5 Å². The Morgan fingerprint density at radius 3 is 2.19 bits per heavy atom. The van der Waals surface area contributed by atoms with Crippen LogP contribution in [0.1, 0.15) is 11.3 Å². The Labute approximate surface area is 213 Å². The second-order valence-corrected chi connectivity index (χ2v) is 10.6.